The Bertz CT molecular complexity index is 718. The fourth-order valence-electron chi connectivity index (χ4n) is 2.53. The van der Waals surface area contributed by atoms with E-state index in [-0.39, 0.29) is 0 Å². The molecule has 0 fully saturated rings. The van der Waals surface area contributed by atoms with Gasteiger partial charge in [0.25, 0.3) is 0 Å². The van der Waals surface area contributed by atoms with E-state index in [4.69, 9.17) is 4.42 Å². The predicted octanol–water partition coefficient (Wildman–Crippen LogP) is 4.74. The van der Waals surface area contributed by atoms with E-state index in [1.165, 1.54) is 5.56 Å². The van der Waals surface area contributed by atoms with Gasteiger partial charge in [0, 0.05) is 19.2 Å². The third kappa shape index (κ3) is 3.24. The Kier molecular flexibility index (Phi) is 3.91. The van der Waals surface area contributed by atoms with E-state index in [0.717, 1.165) is 29.8 Å². The number of hydrogen-bond acceptors (Lipinski definition) is 3. The summed E-state index contributed by atoms with van der Waals surface area (Å²) in [6.45, 7) is 5.08. The molecule has 0 spiro atoms. The molecule has 3 rings (SSSR count). The molecule has 0 saturated carbocycles. The lowest BCUT2D eigenvalue weighted by Crippen LogP contribution is -2.05. The molecule has 0 saturated heterocycles. The molecule has 2 aromatic carbocycles. The van der Waals surface area contributed by atoms with Gasteiger partial charge in [-0.15, -0.1) is 0 Å². The molecule has 1 aromatic heterocycles. The molecule has 1 unspecified atom stereocenters. The van der Waals surface area contributed by atoms with E-state index in [1.807, 2.05) is 25.1 Å². The van der Waals surface area contributed by atoms with Gasteiger partial charge in [0.1, 0.15) is 5.52 Å². The van der Waals surface area contributed by atoms with Gasteiger partial charge in [-0.2, -0.15) is 0 Å². The van der Waals surface area contributed by atoms with Gasteiger partial charge in [-0.05, 0) is 36.1 Å². The molecule has 3 nitrogen and oxygen atoms in total. The summed E-state index contributed by atoms with van der Waals surface area (Å²) >= 11 is 0. The smallest absolute Gasteiger partial charge is 0.192 e. The molecule has 0 radical (unpaired) electrons. The van der Waals surface area contributed by atoms with Crippen molar-refractivity contribution in [1.82, 2.24) is 4.98 Å². The summed E-state index contributed by atoms with van der Waals surface area (Å²) in [5.74, 6) is 1.26. The highest BCUT2D eigenvalue weighted by Gasteiger charge is 2.06. The maximum absolute atomic E-state index is 5.48. The number of oxazole rings is 1. The van der Waals surface area contributed by atoms with E-state index in [0.29, 0.717) is 11.8 Å². The van der Waals surface area contributed by atoms with Crippen LogP contribution in [0, 0.1) is 6.92 Å². The average Bonchev–Trinajstić information content (AvgIpc) is 2.87. The minimum absolute atomic E-state index is 0.553. The van der Waals surface area contributed by atoms with Crippen LogP contribution in [0.2, 0.25) is 0 Å². The molecule has 21 heavy (non-hydrogen) atoms. The monoisotopic (exact) mass is 280 g/mol. The maximum Gasteiger partial charge on any atom is 0.192 e. The zero-order valence-electron chi connectivity index (χ0n) is 12.5. The van der Waals surface area contributed by atoms with Crippen molar-refractivity contribution < 1.29 is 4.42 Å². The number of aromatic nitrogens is 1. The van der Waals surface area contributed by atoms with Crippen LogP contribution in [-0.4, -0.2) is 11.5 Å². The standard InChI is InChI=1S/C18H20N2O/c1-13(15-6-4-3-5-7-15)10-11-19-16-8-9-18-17(12-16)20-14(2)21-18/h3-9,12-13,19H,10-11H2,1-2H3. The van der Waals surface area contributed by atoms with Gasteiger partial charge in [-0.1, -0.05) is 37.3 Å². The third-order valence-corrected chi connectivity index (χ3v) is 3.77. The number of benzene rings is 2. The normalized spacial score (nSPS) is 12.5. The van der Waals surface area contributed by atoms with Crippen molar-refractivity contribution >= 4 is 16.8 Å². The lowest BCUT2D eigenvalue weighted by molar-refractivity contribution is 0.561. The zero-order chi connectivity index (χ0) is 14.7. The minimum atomic E-state index is 0.553. The molecule has 1 heterocycles. The van der Waals surface area contributed by atoms with Crippen molar-refractivity contribution in [3.63, 3.8) is 0 Å². The third-order valence-electron chi connectivity index (χ3n) is 3.77. The molecule has 0 aliphatic heterocycles. The summed E-state index contributed by atoms with van der Waals surface area (Å²) in [5.41, 5.74) is 4.24. The van der Waals surface area contributed by atoms with Crippen LogP contribution in [0.4, 0.5) is 5.69 Å². The fourth-order valence-corrected chi connectivity index (χ4v) is 2.53. The van der Waals surface area contributed by atoms with E-state index in [2.05, 4.69) is 47.6 Å². The summed E-state index contributed by atoms with van der Waals surface area (Å²) in [6.07, 6.45) is 1.10. The van der Waals surface area contributed by atoms with Crippen LogP contribution in [0.5, 0.6) is 0 Å². The van der Waals surface area contributed by atoms with E-state index < -0.39 is 0 Å². The van der Waals surface area contributed by atoms with Crippen molar-refractivity contribution in [3.8, 4) is 0 Å². The van der Waals surface area contributed by atoms with Crippen LogP contribution in [0.1, 0.15) is 30.7 Å². The molecule has 1 atom stereocenters. The zero-order valence-corrected chi connectivity index (χ0v) is 12.5. The molecule has 108 valence electrons. The number of nitrogens with one attached hydrogen (secondary N) is 1. The molecule has 0 amide bonds. The highest BCUT2D eigenvalue weighted by molar-refractivity contribution is 5.77. The summed E-state index contributed by atoms with van der Waals surface area (Å²) < 4.78 is 5.48. The SMILES string of the molecule is Cc1nc2cc(NCCC(C)c3ccccc3)ccc2o1. The first kappa shape index (κ1) is 13.7. The van der Waals surface area contributed by atoms with Gasteiger partial charge < -0.3 is 9.73 Å². The van der Waals surface area contributed by atoms with E-state index in [1.54, 1.807) is 0 Å². The Labute approximate surface area is 125 Å². The van der Waals surface area contributed by atoms with Crippen LogP contribution in [-0.2, 0) is 0 Å². The highest BCUT2D eigenvalue weighted by Crippen LogP contribution is 2.21. The Balaban J connectivity index is 1.59. The Hall–Kier alpha value is -2.29. The number of rotatable bonds is 5. The van der Waals surface area contributed by atoms with E-state index >= 15 is 0 Å². The van der Waals surface area contributed by atoms with Gasteiger partial charge >= 0.3 is 0 Å². The van der Waals surface area contributed by atoms with Gasteiger partial charge in [-0.3, -0.25) is 0 Å². The Morgan fingerprint density at radius 1 is 1.14 bits per heavy atom. The molecule has 0 aliphatic rings. The maximum atomic E-state index is 5.48. The Morgan fingerprint density at radius 2 is 1.95 bits per heavy atom. The number of anilines is 1. The molecule has 3 aromatic rings. The predicted molar refractivity (Wildman–Crippen MR) is 86.7 cm³/mol. The first-order valence-corrected chi connectivity index (χ1v) is 7.38. The van der Waals surface area contributed by atoms with Crippen molar-refractivity contribution in [1.29, 1.82) is 0 Å². The molecule has 3 heteroatoms. The van der Waals surface area contributed by atoms with Crippen LogP contribution < -0.4 is 5.32 Å². The highest BCUT2D eigenvalue weighted by atomic mass is 16.3. The Morgan fingerprint density at radius 3 is 2.76 bits per heavy atom. The van der Waals surface area contributed by atoms with Crippen LogP contribution in [0.15, 0.2) is 52.9 Å². The largest absolute Gasteiger partial charge is 0.441 e. The van der Waals surface area contributed by atoms with E-state index in [9.17, 15) is 0 Å². The molecule has 1 N–H and O–H groups in total. The number of fused-ring (bicyclic) bond motifs is 1. The van der Waals surface area contributed by atoms with Crippen LogP contribution in [0.25, 0.3) is 11.1 Å². The second kappa shape index (κ2) is 6.00. The first-order valence-electron chi connectivity index (χ1n) is 7.38. The molecule has 0 bridgehead atoms. The number of nitrogens with zero attached hydrogens (tertiary/aromatic N) is 1. The minimum Gasteiger partial charge on any atom is -0.441 e. The number of aryl methyl sites for hydroxylation is 1. The summed E-state index contributed by atoms with van der Waals surface area (Å²) in [6, 6.07) is 16.7. The van der Waals surface area contributed by atoms with Crippen LogP contribution in [0.3, 0.4) is 0 Å². The van der Waals surface area contributed by atoms with Gasteiger partial charge in [0.2, 0.25) is 0 Å². The molecule has 0 aliphatic carbocycles. The molecular weight excluding hydrogens is 260 g/mol. The second-order valence-corrected chi connectivity index (χ2v) is 5.44. The summed E-state index contributed by atoms with van der Waals surface area (Å²) in [7, 11) is 0. The number of hydrogen-bond donors (Lipinski definition) is 1. The molecular formula is C18H20N2O. The van der Waals surface area contributed by atoms with Gasteiger partial charge in [0.15, 0.2) is 11.5 Å². The first-order chi connectivity index (χ1) is 10.2. The average molecular weight is 280 g/mol. The van der Waals surface area contributed by atoms with Gasteiger partial charge in [-0.25, -0.2) is 4.98 Å². The summed E-state index contributed by atoms with van der Waals surface area (Å²) in [5, 5.41) is 3.47. The fraction of sp³-hybridized carbons (Fsp3) is 0.278. The second-order valence-electron chi connectivity index (χ2n) is 5.44. The van der Waals surface area contributed by atoms with Crippen molar-refractivity contribution in [2.45, 2.75) is 26.2 Å². The van der Waals surface area contributed by atoms with Crippen molar-refractivity contribution in [3.05, 3.63) is 60.0 Å². The van der Waals surface area contributed by atoms with Crippen molar-refractivity contribution in [2.75, 3.05) is 11.9 Å². The topological polar surface area (TPSA) is 38.1 Å². The van der Waals surface area contributed by atoms with Crippen LogP contribution >= 0.6 is 0 Å². The summed E-state index contributed by atoms with van der Waals surface area (Å²) in [4.78, 5) is 4.36. The quantitative estimate of drug-likeness (QED) is 0.733. The van der Waals surface area contributed by atoms with Gasteiger partial charge in [0.05, 0.1) is 0 Å². The van der Waals surface area contributed by atoms with Crippen molar-refractivity contribution in [2.24, 2.45) is 0 Å². The lowest BCUT2D eigenvalue weighted by Gasteiger charge is -2.13. The lowest BCUT2D eigenvalue weighted by atomic mass is 9.98.